The van der Waals surface area contributed by atoms with Gasteiger partial charge in [0.2, 0.25) is 5.89 Å². The molecule has 0 spiro atoms. The first-order chi connectivity index (χ1) is 11.0. The monoisotopic (exact) mass is 307 g/mol. The van der Waals surface area contributed by atoms with E-state index in [1.54, 1.807) is 6.20 Å². The Balaban J connectivity index is 1.85. The van der Waals surface area contributed by atoms with Gasteiger partial charge in [-0.3, -0.25) is 0 Å². The number of nitrogens with zero attached hydrogens (tertiary/aromatic N) is 3. The predicted molar refractivity (Wildman–Crippen MR) is 96.0 cm³/mol. The Labute approximate surface area is 137 Å². The summed E-state index contributed by atoms with van der Waals surface area (Å²) in [4.78, 5) is 8.54. The van der Waals surface area contributed by atoms with E-state index in [9.17, 15) is 0 Å². The number of hydrogen-bond donors (Lipinski definition) is 0. The lowest BCUT2D eigenvalue weighted by Gasteiger charge is -2.12. The lowest BCUT2D eigenvalue weighted by atomic mass is 10.1. The third-order valence-electron chi connectivity index (χ3n) is 3.80. The zero-order valence-corrected chi connectivity index (χ0v) is 13.9. The molecule has 0 amide bonds. The molecule has 0 radical (unpaired) electrons. The highest BCUT2D eigenvalue weighted by Gasteiger charge is 2.09. The van der Waals surface area contributed by atoms with Gasteiger partial charge in [-0.1, -0.05) is 0 Å². The molecule has 0 fully saturated rings. The fourth-order valence-electron chi connectivity index (χ4n) is 2.37. The van der Waals surface area contributed by atoms with Crippen molar-refractivity contribution in [1.82, 2.24) is 4.98 Å². The van der Waals surface area contributed by atoms with Gasteiger partial charge in [-0.25, -0.2) is 4.98 Å². The third kappa shape index (κ3) is 3.21. The van der Waals surface area contributed by atoms with Crippen LogP contribution in [0.2, 0.25) is 0 Å². The number of anilines is 2. The van der Waals surface area contributed by atoms with Crippen LogP contribution in [0.4, 0.5) is 11.4 Å². The molecule has 0 aliphatic heterocycles. The maximum atomic E-state index is 5.92. The first-order valence-corrected chi connectivity index (χ1v) is 7.56. The Morgan fingerprint density at radius 1 is 0.696 bits per heavy atom. The Kier molecular flexibility index (Phi) is 4.06. The van der Waals surface area contributed by atoms with E-state index in [1.807, 2.05) is 40.3 Å². The van der Waals surface area contributed by atoms with Crippen molar-refractivity contribution >= 4 is 11.4 Å². The van der Waals surface area contributed by atoms with Crippen molar-refractivity contribution in [3.05, 3.63) is 54.7 Å². The summed E-state index contributed by atoms with van der Waals surface area (Å²) in [7, 11) is 8.10. The Morgan fingerprint density at radius 3 is 1.65 bits per heavy atom. The Morgan fingerprint density at radius 2 is 1.17 bits per heavy atom. The largest absolute Gasteiger partial charge is 0.436 e. The van der Waals surface area contributed by atoms with Gasteiger partial charge in [-0.2, -0.15) is 0 Å². The Bertz CT molecular complexity index is 705. The second-order valence-electron chi connectivity index (χ2n) is 5.91. The van der Waals surface area contributed by atoms with E-state index in [2.05, 4.69) is 51.2 Å². The SMILES string of the molecule is CN(C)c1ccc(-c2cnc(-c3ccc(N(C)C)cc3)o2)cc1. The van der Waals surface area contributed by atoms with Crippen molar-refractivity contribution in [2.75, 3.05) is 38.0 Å². The normalized spacial score (nSPS) is 10.6. The molecule has 3 aromatic rings. The van der Waals surface area contributed by atoms with Gasteiger partial charge < -0.3 is 14.2 Å². The highest BCUT2D eigenvalue weighted by atomic mass is 16.4. The van der Waals surface area contributed by atoms with Gasteiger partial charge in [-0.15, -0.1) is 0 Å². The minimum atomic E-state index is 0.641. The van der Waals surface area contributed by atoms with Gasteiger partial charge in [0.1, 0.15) is 0 Å². The molecule has 0 aliphatic carbocycles. The summed E-state index contributed by atoms with van der Waals surface area (Å²) in [6, 6.07) is 16.4. The second-order valence-corrected chi connectivity index (χ2v) is 5.91. The van der Waals surface area contributed by atoms with Gasteiger partial charge in [-0.05, 0) is 48.5 Å². The van der Waals surface area contributed by atoms with E-state index in [-0.39, 0.29) is 0 Å². The van der Waals surface area contributed by atoms with Crippen molar-refractivity contribution < 1.29 is 4.42 Å². The fraction of sp³-hybridized carbons (Fsp3) is 0.211. The van der Waals surface area contributed by atoms with E-state index in [1.165, 1.54) is 0 Å². The molecule has 0 saturated heterocycles. The van der Waals surface area contributed by atoms with E-state index >= 15 is 0 Å². The average molecular weight is 307 g/mol. The molecular formula is C19H21N3O. The van der Waals surface area contributed by atoms with Crippen LogP contribution < -0.4 is 9.80 Å². The summed E-state index contributed by atoms with van der Waals surface area (Å²) in [6.07, 6.45) is 1.78. The van der Waals surface area contributed by atoms with Crippen LogP contribution in [-0.4, -0.2) is 33.2 Å². The number of hydrogen-bond acceptors (Lipinski definition) is 4. The van der Waals surface area contributed by atoms with Crippen molar-refractivity contribution in [3.63, 3.8) is 0 Å². The van der Waals surface area contributed by atoms with E-state index < -0.39 is 0 Å². The molecule has 0 unspecified atom stereocenters. The summed E-state index contributed by atoms with van der Waals surface area (Å²) in [6.45, 7) is 0. The molecule has 1 heterocycles. The standard InChI is InChI=1S/C19H21N3O/c1-21(2)16-9-5-14(6-10-16)18-13-20-19(23-18)15-7-11-17(12-8-15)22(3)4/h5-13H,1-4H3. The molecule has 23 heavy (non-hydrogen) atoms. The van der Waals surface area contributed by atoms with Crippen molar-refractivity contribution in [2.24, 2.45) is 0 Å². The summed E-state index contributed by atoms with van der Waals surface area (Å²) >= 11 is 0. The average Bonchev–Trinajstić information content (AvgIpc) is 3.05. The van der Waals surface area contributed by atoms with Gasteiger partial charge in [0.25, 0.3) is 0 Å². The number of oxazole rings is 1. The lowest BCUT2D eigenvalue weighted by Crippen LogP contribution is -2.07. The van der Waals surface area contributed by atoms with E-state index in [4.69, 9.17) is 4.42 Å². The number of aromatic nitrogens is 1. The highest BCUT2D eigenvalue weighted by Crippen LogP contribution is 2.28. The van der Waals surface area contributed by atoms with Crippen LogP contribution in [0.25, 0.3) is 22.8 Å². The minimum absolute atomic E-state index is 0.641. The third-order valence-corrected chi connectivity index (χ3v) is 3.80. The van der Waals surface area contributed by atoms with Gasteiger partial charge in [0, 0.05) is 50.7 Å². The van der Waals surface area contributed by atoms with Gasteiger partial charge >= 0.3 is 0 Å². The topological polar surface area (TPSA) is 32.5 Å². The maximum Gasteiger partial charge on any atom is 0.226 e. The fourth-order valence-corrected chi connectivity index (χ4v) is 2.37. The molecule has 0 aliphatic rings. The zero-order chi connectivity index (χ0) is 16.4. The number of benzene rings is 2. The molecule has 4 heteroatoms. The van der Waals surface area contributed by atoms with Crippen LogP contribution in [0.1, 0.15) is 0 Å². The van der Waals surface area contributed by atoms with Crippen LogP contribution in [-0.2, 0) is 0 Å². The molecule has 2 aromatic carbocycles. The van der Waals surface area contributed by atoms with E-state index in [0.29, 0.717) is 5.89 Å². The first-order valence-electron chi connectivity index (χ1n) is 7.56. The first kappa shape index (κ1) is 15.2. The zero-order valence-electron chi connectivity index (χ0n) is 13.9. The van der Waals surface area contributed by atoms with Crippen molar-refractivity contribution in [2.45, 2.75) is 0 Å². The molecule has 0 bridgehead atoms. The smallest absolute Gasteiger partial charge is 0.226 e. The lowest BCUT2D eigenvalue weighted by molar-refractivity contribution is 0.589. The second kappa shape index (κ2) is 6.16. The molecule has 0 N–H and O–H groups in total. The maximum absolute atomic E-state index is 5.92. The molecule has 0 atom stereocenters. The molecular weight excluding hydrogens is 286 g/mol. The predicted octanol–water partition coefficient (Wildman–Crippen LogP) is 4.14. The molecule has 0 saturated carbocycles. The molecule has 3 rings (SSSR count). The summed E-state index contributed by atoms with van der Waals surface area (Å²) in [5, 5.41) is 0. The minimum Gasteiger partial charge on any atom is -0.436 e. The van der Waals surface area contributed by atoms with Crippen LogP contribution in [0.15, 0.2) is 59.1 Å². The van der Waals surface area contributed by atoms with Crippen molar-refractivity contribution in [3.8, 4) is 22.8 Å². The van der Waals surface area contributed by atoms with Gasteiger partial charge in [0.15, 0.2) is 5.76 Å². The highest BCUT2D eigenvalue weighted by molar-refractivity contribution is 5.65. The quantitative estimate of drug-likeness (QED) is 0.725. The van der Waals surface area contributed by atoms with Crippen molar-refractivity contribution in [1.29, 1.82) is 0 Å². The Hall–Kier alpha value is -2.75. The summed E-state index contributed by atoms with van der Waals surface area (Å²) in [5.41, 5.74) is 4.32. The van der Waals surface area contributed by atoms with Crippen LogP contribution in [0.3, 0.4) is 0 Å². The molecule has 4 nitrogen and oxygen atoms in total. The number of rotatable bonds is 4. The van der Waals surface area contributed by atoms with Gasteiger partial charge in [0.05, 0.1) is 6.20 Å². The van der Waals surface area contributed by atoms with Crippen LogP contribution in [0, 0.1) is 0 Å². The molecule has 118 valence electrons. The van der Waals surface area contributed by atoms with Crippen LogP contribution >= 0.6 is 0 Å². The summed E-state index contributed by atoms with van der Waals surface area (Å²) < 4.78 is 5.92. The summed E-state index contributed by atoms with van der Waals surface area (Å²) in [5.74, 6) is 1.42. The molecule has 1 aromatic heterocycles. The van der Waals surface area contributed by atoms with E-state index in [0.717, 1.165) is 28.3 Å². The van der Waals surface area contributed by atoms with Crippen LogP contribution in [0.5, 0.6) is 0 Å².